The third-order valence-corrected chi connectivity index (χ3v) is 2.71. The first-order valence-electron chi connectivity index (χ1n) is 5.77. The number of carbonyl (C=O) groups is 2. The molecule has 0 aromatic heterocycles. The van der Waals surface area contributed by atoms with E-state index in [-0.39, 0.29) is 5.56 Å². The van der Waals surface area contributed by atoms with Gasteiger partial charge in [0.05, 0.1) is 17.9 Å². The van der Waals surface area contributed by atoms with Crippen LogP contribution in [0.15, 0.2) is 18.2 Å². The minimum absolute atomic E-state index is 0.240. The minimum Gasteiger partial charge on any atom is -0.489 e. The highest BCUT2D eigenvalue weighted by Gasteiger charge is 2.23. The van der Waals surface area contributed by atoms with E-state index >= 15 is 0 Å². The first kappa shape index (κ1) is 13.2. The molecule has 7 heteroatoms. The second-order valence-corrected chi connectivity index (χ2v) is 4.00. The Morgan fingerprint density at radius 2 is 2.26 bits per heavy atom. The number of carbonyl (C=O) groups excluding carboxylic acids is 1. The lowest BCUT2D eigenvalue weighted by molar-refractivity contribution is -0.140. The molecule has 19 heavy (non-hydrogen) atoms. The van der Waals surface area contributed by atoms with Crippen molar-refractivity contribution in [1.29, 1.82) is 0 Å². The van der Waals surface area contributed by atoms with Crippen molar-refractivity contribution >= 4 is 17.6 Å². The number of aliphatic hydroxyl groups excluding tert-OH is 1. The number of anilines is 1. The topological polar surface area (TPSA) is 108 Å². The van der Waals surface area contributed by atoms with Gasteiger partial charge in [-0.3, -0.25) is 4.79 Å². The Balaban J connectivity index is 2.22. The molecule has 102 valence electrons. The Morgan fingerprint density at radius 1 is 1.47 bits per heavy atom. The second-order valence-electron chi connectivity index (χ2n) is 4.00. The van der Waals surface area contributed by atoms with E-state index in [1.165, 1.54) is 6.07 Å². The molecule has 1 atom stereocenters. The Kier molecular flexibility index (Phi) is 3.86. The molecule has 0 spiro atoms. The molecule has 0 bridgehead atoms. The Bertz CT molecular complexity index is 503. The summed E-state index contributed by atoms with van der Waals surface area (Å²) in [4.78, 5) is 22.8. The monoisotopic (exact) mass is 266 g/mol. The fourth-order valence-electron chi connectivity index (χ4n) is 1.77. The number of ether oxygens (including phenoxy) is 1. The zero-order valence-corrected chi connectivity index (χ0v) is 10.0. The van der Waals surface area contributed by atoms with Crippen LogP contribution in [0.1, 0.15) is 10.4 Å². The van der Waals surface area contributed by atoms with Crippen LogP contribution in [0.4, 0.5) is 5.69 Å². The van der Waals surface area contributed by atoms with Gasteiger partial charge in [0.15, 0.2) is 11.8 Å². The van der Waals surface area contributed by atoms with E-state index in [1.54, 1.807) is 12.1 Å². The molecular formula is C12H14N2O5. The zero-order chi connectivity index (χ0) is 13.8. The van der Waals surface area contributed by atoms with Crippen LogP contribution < -0.4 is 15.4 Å². The summed E-state index contributed by atoms with van der Waals surface area (Å²) in [6, 6.07) is 3.65. The smallest absolute Gasteiger partial charge is 0.328 e. The second kappa shape index (κ2) is 5.57. The maximum atomic E-state index is 12.0. The van der Waals surface area contributed by atoms with E-state index in [0.717, 1.165) is 0 Å². The molecule has 0 unspecified atom stereocenters. The van der Waals surface area contributed by atoms with Crippen molar-refractivity contribution in [2.75, 3.05) is 25.1 Å². The number of carboxylic acids is 1. The molecule has 0 fully saturated rings. The summed E-state index contributed by atoms with van der Waals surface area (Å²) in [5.74, 6) is -1.49. The van der Waals surface area contributed by atoms with E-state index < -0.39 is 24.5 Å². The lowest BCUT2D eigenvalue weighted by atomic mass is 10.1. The van der Waals surface area contributed by atoms with Crippen LogP contribution >= 0.6 is 0 Å². The maximum absolute atomic E-state index is 12.0. The molecule has 7 nitrogen and oxygen atoms in total. The predicted molar refractivity (Wildman–Crippen MR) is 66.4 cm³/mol. The third-order valence-electron chi connectivity index (χ3n) is 2.71. The van der Waals surface area contributed by atoms with Crippen molar-refractivity contribution in [2.45, 2.75) is 6.04 Å². The Morgan fingerprint density at radius 3 is 2.95 bits per heavy atom. The van der Waals surface area contributed by atoms with Gasteiger partial charge in [-0.2, -0.15) is 0 Å². The zero-order valence-electron chi connectivity index (χ0n) is 10.0. The molecule has 0 radical (unpaired) electrons. The Hall–Kier alpha value is -2.28. The number of rotatable bonds is 4. The number of aliphatic carboxylic acids is 1. The molecule has 0 aliphatic carbocycles. The van der Waals surface area contributed by atoms with Crippen molar-refractivity contribution < 1.29 is 24.5 Å². The number of nitrogens with one attached hydrogen (secondary N) is 2. The van der Waals surface area contributed by atoms with Gasteiger partial charge in [0.1, 0.15) is 6.61 Å². The molecule has 1 aliphatic heterocycles. The fraction of sp³-hybridized carbons (Fsp3) is 0.333. The minimum atomic E-state index is -1.33. The summed E-state index contributed by atoms with van der Waals surface area (Å²) in [6.45, 7) is 0.404. The molecule has 1 amide bonds. The lowest BCUT2D eigenvalue weighted by Gasteiger charge is -2.22. The highest BCUT2D eigenvalue weighted by atomic mass is 16.5. The first-order chi connectivity index (χ1) is 9.13. The van der Waals surface area contributed by atoms with Gasteiger partial charge in [0, 0.05) is 6.54 Å². The SMILES string of the molecule is O=C(N[C@H](CO)C(=O)O)c1cccc2c1OCCN2. The van der Waals surface area contributed by atoms with E-state index in [1.807, 2.05) is 0 Å². The van der Waals surface area contributed by atoms with Crippen LogP contribution in [0.5, 0.6) is 5.75 Å². The Labute approximate surface area is 109 Å². The summed E-state index contributed by atoms with van der Waals surface area (Å²) in [6.07, 6.45) is 0. The number of para-hydroxylation sites is 1. The molecular weight excluding hydrogens is 252 g/mol. The number of fused-ring (bicyclic) bond motifs is 1. The molecule has 4 N–H and O–H groups in total. The summed E-state index contributed by atoms with van der Waals surface area (Å²) >= 11 is 0. The van der Waals surface area contributed by atoms with Gasteiger partial charge in [-0.05, 0) is 12.1 Å². The number of amides is 1. The van der Waals surface area contributed by atoms with Crippen LogP contribution in [0.2, 0.25) is 0 Å². The maximum Gasteiger partial charge on any atom is 0.328 e. The van der Waals surface area contributed by atoms with Gasteiger partial charge < -0.3 is 25.6 Å². The van der Waals surface area contributed by atoms with Crippen LogP contribution in [0, 0.1) is 0 Å². The molecule has 1 aliphatic rings. The number of carboxylic acid groups (broad SMARTS) is 1. The van der Waals surface area contributed by atoms with Crippen LogP contribution in [0.25, 0.3) is 0 Å². The number of hydrogen-bond acceptors (Lipinski definition) is 5. The van der Waals surface area contributed by atoms with E-state index in [0.29, 0.717) is 24.6 Å². The molecule has 0 saturated heterocycles. The summed E-state index contributed by atoms with van der Waals surface area (Å²) in [5.41, 5.74) is 0.930. The largest absolute Gasteiger partial charge is 0.489 e. The quantitative estimate of drug-likeness (QED) is 0.594. The highest BCUT2D eigenvalue weighted by Crippen LogP contribution is 2.31. The van der Waals surface area contributed by atoms with Crippen LogP contribution in [0.3, 0.4) is 0 Å². The highest BCUT2D eigenvalue weighted by molar-refractivity contribution is 6.00. The molecule has 1 aromatic rings. The average molecular weight is 266 g/mol. The third kappa shape index (κ3) is 2.76. The molecule has 0 saturated carbocycles. The van der Waals surface area contributed by atoms with Crippen molar-refractivity contribution in [3.63, 3.8) is 0 Å². The van der Waals surface area contributed by atoms with Gasteiger partial charge in [-0.15, -0.1) is 0 Å². The summed E-state index contributed by atoms with van der Waals surface area (Å²) in [5, 5.41) is 23.0. The van der Waals surface area contributed by atoms with Crippen molar-refractivity contribution in [3.05, 3.63) is 23.8 Å². The van der Waals surface area contributed by atoms with Gasteiger partial charge in [0.2, 0.25) is 0 Å². The number of aliphatic hydroxyl groups is 1. The van der Waals surface area contributed by atoms with E-state index in [9.17, 15) is 9.59 Å². The van der Waals surface area contributed by atoms with Crippen molar-refractivity contribution in [1.82, 2.24) is 5.32 Å². The first-order valence-corrected chi connectivity index (χ1v) is 5.77. The summed E-state index contributed by atoms with van der Waals surface area (Å²) in [7, 11) is 0. The van der Waals surface area contributed by atoms with Crippen LogP contribution in [-0.2, 0) is 4.79 Å². The summed E-state index contributed by atoms with van der Waals surface area (Å²) < 4.78 is 5.42. The molecule has 1 heterocycles. The fourth-order valence-corrected chi connectivity index (χ4v) is 1.77. The number of benzene rings is 1. The van der Waals surface area contributed by atoms with Gasteiger partial charge in [-0.1, -0.05) is 6.07 Å². The van der Waals surface area contributed by atoms with Crippen LogP contribution in [-0.4, -0.2) is 47.9 Å². The van der Waals surface area contributed by atoms with Gasteiger partial charge >= 0.3 is 5.97 Å². The normalized spacial score (nSPS) is 14.6. The van der Waals surface area contributed by atoms with E-state index in [2.05, 4.69) is 10.6 Å². The standard InChI is InChI=1S/C12H14N2O5/c15-6-9(12(17)18)14-11(16)7-2-1-3-8-10(7)19-5-4-13-8/h1-3,9,13,15H,4-6H2,(H,14,16)(H,17,18)/t9-/m1/s1. The number of hydrogen-bond donors (Lipinski definition) is 4. The predicted octanol–water partition coefficient (Wildman–Crippen LogP) is -0.334. The van der Waals surface area contributed by atoms with Gasteiger partial charge in [0.25, 0.3) is 5.91 Å². The van der Waals surface area contributed by atoms with Gasteiger partial charge in [-0.25, -0.2) is 4.79 Å². The van der Waals surface area contributed by atoms with E-state index in [4.69, 9.17) is 14.9 Å². The van der Waals surface area contributed by atoms with Crippen molar-refractivity contribution in [3.8, 4) is 5.75 Å². The van der Waals surface area contributed by atoms with Crippen molar-refractivity contribution in [2.24, 2.45) is 0 Å². The molecule has 1 aromatic carbocycles. The average Bonchev–Trinajstić information content (AvgIpc) is 2.43. The molecule has 2 rings (SSSR count). The lowest BCUT2D eigenvalue weighted by Crippen LogP contribution is -2.43.